The van der Waals surface area contributed by atoms with Crippen LogP contribution >= 0.6 is 0 Å². The van der Waals surface area contributed by atoms with E-state index < -0.39 is 46.5 Å². The van der Waals surface area contributed by atoms with Gasteiger partial charge in [0.15, 0.2) is 23.3 Å². The Morgan fingerprint density at radius 1 is 0.829 bits per heavy atom. The lowest BCUT2D eigenvalue weighted by atomic mass is 9.75. The van der Waals surface area contributed by atoms with E-state index in [2.05, 4.69) is 4.90 Å². The first-order chi connectivity index (χ1) is 16.8. The molecular weight excluding hydrogens is 465 g/mol. The number of rotatable bonds is 5. The van der Waals surface area contributed by atoms with Gasteiger partial charge in [0, 0.05) is 35.6 Å². The van der Waals surface area contributed by atoms with Gasteiger partial charge in [-0.3, -0.25) is 0 Å². The first kappa shape index (κ1) is 23.6. The fraction of sp³-hybridized carbons (Fsp3) is 0.333. The molecule has 0 bridgehead atoms. The second-order valence-corrected chi connectivity index (χ2v) is 9.14. The Labute approximate surface area is 199 Å². The Morgan fingerprint density at radius 3 is 2.11 bits per heavy atom. The summed E-state index contributed by atoms with van der Waals surface area (Å²) >= 11 is 0. The summed E-state index contributed by atoms with van der Waals surface area (Å²) in [5, 5.41) is 9.86. The van der Waals surface area contributed by atoms with E-state index in [1.807, 2.05) is 24.3 Å². The fourth-order valence-electron chi connectivity index (χ4n) is 5.19. The molecule has 0 aliphatic carbocycles. The third-order valence-electron chi connectivity index (χ3n) is 7.02. The molecule has 1 N–H and O–H groups in total. The molecule has 2 unspecified atom stereocenters. The predicted molar refractivity (Wildman–Crippen MR) is 120 cm³/mol. The summed E-state index contributed by atoms with van der Waals surface area (Å²) in [6, 6.07) is 11.8. The van der Waals surface area contributed by atoms with Crippen LogP contribution in [0.15, 0.2) is 42.5 Å². The van der Waals surface area contributed by atoms with Crippen molar-refractivity contribution in [2.45, 2.75) is 31.1 Å². The molecule has 0 amide bonds. The van der Waals surface area contributed by atoms with Crippen LogP contribution in [-0.4, -0.2) is 36.2 Å². The zero-order valence-corrected chi connectivity index (χ0v) is 18.8. The first-order valence-corrected chi connectivity index (χ1v) is 11.6. The van der Waals surface area contributed by atoms with Gasteiger partial charge in [-0.2, -0.15) is 0 Å². The lowest BCUT2D eigenvalue weighted by Gasteiger charge is -2.35. The maximum atomic E-state index is 14.8. The van der Waals surface area contributed by atoms with Crippen molar-refractivity contribution in [1.82, 2.24) is 4.90 Å². The van der Waals surface area contributed by atoms with Crippen LogP contribution in [0.5, 0.6) is 11.5 Å². The molecule has 5 rings (SSSR count). The smallest absolute Gasteiger partial charge is 0.200 e. The van der Waals surface area contributed by atoms with Crippen LogP contribution in [0.4, 0.5) is 22.0 Å². The van der Waals surface area contributed by atoms with Crippen molar-refractivity contribution in [3.8, 4) is 11.5 Å². The van der Waals surface area contributed by atoms with E-state index in [4.69, 9.17) is 4.74 Å². The second-order valence-electron chi connectivity index (χ2n) is 9.14. The van der Waals surface area contributed by atoms with Gasteiger partial charge in [0.05, 0.1) is 6.61 Å². The molecule has 2 atom stereocenters. The van der Waals surface area contributed by atoms with Crippen molar-refractivity contribution < 1.29 is 31.8 Å². The Morgan fingerprint density at radius 2 is 1.46 bits per heavy atom. The maximum Gasteiger partial charge on any atom is 0.200 e. The topological polar surface area (TPSA) is 32.7 Å². The van der Waals surface area contributed by atoms with Crippen molar-refractivity contribution >= 4 is 0 Å². The Kier molecular flexibility index (Phi) is 6.40. The lowest BCUT2D eigenvalue weighted by Crippen LogP contribution is -2.28. The Hall–Kier alpha value is -3.13. The molecule has 3 aromatic carbocycles. The number of benzene rings is 3. The largest absolute Gasteiger partial charge is 0.508 e. The van der Waals surface area contributed by atoms with Crippen molar-refractivity contribution in [1.29, 1.82) is 0 Å². The van der Waals surface area contributed by atoms with Crippen molar-refractivity contribution in [3.63, 3.8) is 0 Å². The SMILES string of the molecule is Oc1ccc2c(c1)OCC(c1c(F)c(F)c(F)c(F)c1F)C2c1ccc(CCN2CCCC2)cc1. The van der Waals surface area contributed by atoms with E-state index in [1.54, 1.807) is 6.07 Å². The summed E-state index contributed by atoms with van der Waals surface area (Å²) in [6.07, 6.45) is 3.26. The molecule has 0 spiro atoms. The molecule has 3 nitrogen and oxygen atoms in total. The van der Waals surface area contributed by atoms with Gasteiger partial charge in [0.25, 0.3) is 0 Å². The number of ether oxygens (including phenoxy) is 1. The fourth-order valence-corrected chi connectivity index (χ4v) is 5.19. The van der Waals surface area contributed by atoms with Gasteiger partial charge in [0.1, 0.15) is 11.5 Å². The summed E-state index contributed by atoms with van der Waals surface area (Å²) in [6.45, 7) is 2.79. The zero-order valence-electron chi connectivity index (χ0n) is 18.8. The van der Waals surface area contributed by atoms with E-state index >= 15 is 0 Å². The number of halogens is 5. The normalized spacial score (nSPS) is 20.0. The summed E-state index contributed by atoms with van der Waals surface area (Å²) in [7, 11) is 0. The zero-order chi connectivity index (χ0) is 24.7. The number of aromatic hydroxyl groups is 1. The van der Waals surface area contributed by atoms with Gasteiger partial charge in [-0.05, 0) is 49.5 Å². The van der Waals surface area contributed by atoms with Gasteiger partial charge in [0.2, 0.25) is 5.82 Å². The second kappa shape index (κ2) is 9.49. The highest BCUT2D eigenvalue weighted by atomic mass is 19.2. The summed E-state index contributed by atoms with van der Waals surface area (Å²) in [4.78, 5) is 2.40. The van der Waals surface area contributed by atoms with Gasteiger partial charge in [-0.25, -0.2) is 22.0 Å². The minimum atomic E-state index is -2.19. The number of fused-ring (bicyclic) bond motifs is 1. The van der Waals surface area contributed by atoms with Crippen molar-refractivity contribution in [2.75, 3.05) is 26.2 Å². The summed E-state index contributed by atoms with van der Waals surface area (Å²) in [5.41, 5.74) is 1.33. The molecule has 0 radical (unpaired) electrons. The van der Waals surface area contributed by atoms with Crippen molar-refractivity contribution in [2.24, 2.45) is 0 Å². The quantitative estimate of drug-likeness (QED) is 0.270. The molecule has 2 aliphatic rings. The molecule has 35 heavy (non-hydrogen) atoms. The van der Waals surface area contributed by atoms with Gasteiger partial charge in [-0.15, -0.1) is 0 Å². The average Bonchev–Trinajstić information content (AvgIpc) is 3.39. The van der Waals surface area contributed by atoms with Gasteiger partial charge in [-0.1, -0.05) is 30.3 Å². The number of likely N-dealkylation sites (tertiary alicyclic amines) is 1. The summed E-state index contributed by atoms with van der Waals surface area (Å²) in [5.74, 6) is -11.5. The Bertz CT molecular complexity index is 1210. The molecule has 1 fully saturated rings. The van der Waals surface area contributed by atoms with Crippen LogP contribution in [0.1, 0.15) is 46.9 Å². The van der Waals surface area contributed by atoms with Crippen LogP contribution < -0.4 is 4.74 Å². The highest BCUT2D eigenvalue weighted by Crippen LogP contribution is 2.48. The summed E-state index contributed by atoms with van der Waals surface area (Å²) < 4.78 is 77.1. The molecular formula is C27H24F5NO2. The molecule has 3 aromatic rings. The monoisotopic (exact) mass is 489 g/mol. The molecule has 8 heteroatoms. The van der Waals surface area contributed by atoms with E-state index in [0.717, 1.165) is 31.6 Å². The van der Waals surface area contributed by atoms with Crippen LogP contribution in [0, 0.1) is 29.1 Å². The molecule has 184 valence electrons. The highest BCUT2D eigenvalue weighted by Gasteiger charge is 2.39. The van der Waals surface area contributed by atoms with Gasteiger partial charge < -0.3 is 14.7 Å². The first-order valence-electron chi connectivity index (χ1n) is 11.6. The molecule has 0 saturated carbocycles. The molecule has 2 aliphatic heterocycles. The van der Waals surface area contributed by atoms with Crippen LogP contribution in [0.3, 0.4) is 0 Å². The molecule has 1 saturated heterocycles. The van der Waals surface area contributed by atoms with E-state index in [9.17, 15) is 27.1 Å². The third-order valence-corrected chi connectivity index (χ3v) is 7.02. The standard InChI is InChI=1S/C27H24F5NO2/c28-23-22(24(29)26(31)27(32)25(23)30)19-14-35-20-13-17(34)7-8-18(20)21(19)16-5-3-15(4-6-16)9-12-33-10-1-2-11-33/h3-8,13,19,21,34H,1-2,9-12,14H2. The predicted octanol–water partition coefficient (Wildman–Crippen LogP) is 6.03. The number of hydrogen-bond acceptors (Lipinski definition) is 3. The average molecular weight is 489 g/mol. The van der Waals surface area contributed by atoms with E-state index in [0.29, 0.717) is 16.9 Å². The number of nitrogens with zero attached hydrogens (tertiary/aromatic N) is 1. The molecule has 2 heterocycles. The minimum absolute atomic E-state index is 0.0607. The molecule has 0 aromatic heterocycles. The van der Waals surface area contributed by atoms with Crippen molar-refractivity contribution in [3.05, 3.63) is 93.8 Å². The minimum Gasteiger partial charge on any atom is -0.508 e. The number of phenols is 1. The maximum absolute atomic E-state index is 14.8. The van der Waals surface area contributed by atoms with Crippen LogP contribution in [-0.2, 0) is 6.42 Å². The Balaban J connectivity index is 1.54. The van der Waals surface area contributed by atoms with Crippen LogP contribution in [0.2, 0.25) is 0 Å². The van der Waals surface area contributed by atoms with Gasteiger partial charge >= 0.3 is 0 Å². The number of hydrogen-bond donors (Lipinski definition) is 1. The number of phenolic OH excluding ortho intramolecular Hbond substituents is 1. The lowest BCUT2D eigenvalue weighted by molar-refractivity contribution is 0.237. The van der Waals surface area contributed by atoms with Crippen LogP contribution in [0.25, 0.3) is 0 Å². The van der Waals surface area contributed by atoms with E-state index in [1.165, 1.54) is 25.0 Å². The van der Waals surface area contributed by atoms with E-state index in [-0.39, 0.29) is 12.4 Å². The third kappa shape index (κ3) is 4.35. The highest BCUT2D eigenvalue weighted by molar-refractivity contribution is 5.51.